The molecule has 1 aliphatic heterocycles. The summed E-state index contributed by atoms with van der Waals surface area (Å²) in [6, 6.07) is 11.6. The maximum absolute atomic E-state index is 12.9. The van der Waals surface area contributed by atoms with Crippen LogP contribution in [0.1, 0.15) is 18.4 Å². The number of ether oxygens (including phenoxy) is 3. The van der Waals surface area contributed by atoms with Crippen LogP contribution >= 0.6 is 0 Å². The number of amides is 2. The van der Waals surface area contributed by atoms with Gasteiger partial charge in [0.05, 0.1) is 14.2 Å². The third kappa shape index (κ3) is 7.03. The Bertz CT molecular complexity index is 839. The van der Waals surface area contributed by atoms with E-state index in [2.05, 4.69) is 15.5 Å². The zero-order chi connectivity index (χ0) is 22.1. The predicted molar refractivity (Wildman–Crippen MR) is 116 cm³/mol. The second-order valence-corrected chi connectivity index (χ2v) is 7.43. The number of benzene rings is 2. The lowest BCUT2D eigenvalue weighted by Gasteiger charge is -2.32. The number of methoxy groups -OCH3 is 2. The molecule has 0 bridgehead atoms. The van der Waals surface area contributed by atoms with Gasteiger partial charge >= 0.3 is 6.03 Å². The first-order valence-corrected chi connectivity index (χ1v) is 10.4. The molecule has 1 fully saturated rings. The molecule has 2 N–H and O–H groups in total. The molecule has 31 heavy (non-hydrogen) atoms. The van der Waals surface area contributed by atoms with Gasteiger partial charge < -0.3 is 24.8 Å². The van der Waals surface area contributed by atoms with E-state index in [-0.39, 0.29) is 17.9 Å². The maximum Gasteiger partial charge on any atom is 0.315 e. The molecule has 0 spiro atoms. The Morgan fingerprint density at radius 3 is 2.45 bits per heavy atom. The van der Waals surface area contributed by atoms with Crippen molar-refractivity contribution in [2.45, 2.75) is 25.4 Å². The highest BCUT2D eigenvalue weighted by Crippen LogP contribution is 2.27. The zero-order valence-corrected chi connectivity index (χ0v) is 18.0. The van der Waals surface area contributed by atoms with Crippen LogP contribution in [0, 0.1) is 5.82 Å². The topological polar surface area (TPSA) is 72.1 Å². The molecular weight excluding hydrogens is 401 g/mol. The van der Waals surface area contributed by atoms with E-state index in [0.717, 1.165) is 38.0 Å². The fourth-order valence-electron chi connectivity index (χ4n) is 3.53. The first kappa shape index (κ1) is 22.7. The van der Waals surface area contributed by atoms with Crippen LogP contribution in [-0.2, 0) is 6.54 Å². The molecule has 0 radical (unpaired) electrons. The first-order valence-electron chi connectivity index (χ1n) is 10.4. The van der Waals surface area contributed by atoms with Gasteiger partial charge in [0.1, 0.15) is 18.2 Å². The van der Waals surface area contributed by atoms with E-state index in [9.17, 15) is 9.18 Å². The monoisotopic (exact) mass is 431 g/mol. The van der Waals surface area contributed by atoms with Gasteiger partial charge in [0.15, 0.2) is 11.5 Å². The summed E-state index contributed by atoms with van der Waals surface area (Å²) in [7, 11) is 3.18. The number of halogens is 1. The average Bonchev–Trinajstić information content (AvgIpc) is 2.80. The molecule has 1 aliphatic rings. The number of nitrogens with one attached hydrogen (secondary N) is 2. The molecule has 1 saturated heterocycles. The van der Waals surface area contributed by atoms with Crippen LogP contribution in [0.15, 0.2) is 42.5 Å². The van der Waals surface area contributed by atoms with Crippen molar-refractivity contribution in [1.82, 2.24) is 15.5 Å². The van der Waals surface area contributed by atoms with Crippen molar-refractivity contribution in [3.05, 3.63) is 53.8 Å². The zero-order valence-electron chi connectivity index (χ0n) is 18.0. The maximum atomic E-state index is 12.9. The smallest absolute Gasteiger partial charge is 0.315 e. The van der Waals surface area contributed by atoms with Crippen molar-refractivity contribution in [2.24, 2.45) is 0 Å². The number of likely N-dealkylation sites (tertiary alicyclic amines) is 1. The molecule has 0 saturated carbocycles. The normalized spacial score (nSPS) is 14.7. The number of urea groups is 1. The lowest BCUT2D eigenvalue weighted by atomic mass is 10.1. The molecule has 1 heterocycles. The fourth-order valence-corrected chi connectivity index (χ4v) is 3.53. The van der Waals surface area contributed by atoms with Crippen molar-refractivity contribution in [2.75, 3.05) is 40.5 Å². The van der Waals surface area contributed by atoms with Crippen LogP contribution in [0.2, 0.25) is 0 Å². The lowest BCUT2D eigenvalue weighted by molar-refractivity contribution is 0.164. The van der Waals surface area contributed by atoms with E-state index in [1.54, 1.807) is 26.4 Å². The van der Waals surface area contributed by atoms with Crippen LogP contribution < -0.4 is 24.8 Å². The predicted octanol–water partition coefficient (Wildman–Crippen LogP) is 3.19. The molecule has 0 aromatic heterocycles. The van der Waals surface area contributed by atoms with Crippen LogP contribution in [0.3, 0.4) is 0 Å². The number of nitrogens with zero attached hydrogens (tertiary/aromatic N) is 1. The molecule has 168 valence electrons. The van der Waals surface area contributed by atoms with E-state index >= 15 is 0 Å². The van der Waals surface area contributed by atoms with Crippen molar-refractivity contribution in [3.8, 4) is 17.2 Å². The Hall–Kier alpha value is -3.00. The SMILES string of the molecule is COc1ccc(CNC(=O)NC2CCN(CCOc3ccc(F)cc3)CC2)cc1OC. The van der Waals surface area contributed by atoms with Gasteiger partial charge in [0.25, 0.3) is 0 Å². The van der Waals surface area contributed by atoms with Gasteiger partial charge in [-0.1, -0.05) is 6.07 Å². The van der Waals surface area contributed by atoms with Gasteiger partial charge in [0, 0.05) is 32.2 Å². The standard InChI is InChI=1S/C23H30FN3O4/c1-29-21-8-3-17(15-22(21)30-2)16-25-23(28)26-19-9-11-27(12-10-19)13-14-31-20-6-4-18(24)5-7-20/h3-8,15,19H,9-14,16H2,1-2H3,(H2,25,26,28). The number of hydrogen-bond acceptors (Lipinski definition) is 5. The van der Waals surface area contributed by atoms with Gasteiger partial charge in [0.2, 0.25) is 0 Å². The summed E-state index contributed by atoms with van der Waals surface area (Å²) in [5.74, 6) is 1.70. The number of piperidine rings is 1. The minimum atomic E-state index is -0.269. The summed E-state index contributed by atoms with van der Waals surface area (Å²) >= 11 is 0. The number of carbonyl (C=O) groups is 1. The van der Waals surface area contributed by atoms with E-state index in [4.69, 9.17) is 14.2 Å². The van der Waals surface area contributed by atoms with Crippen LogP contribution in [0.4, 0.5) is 9.18 Å². The van der Waals surface area contributed by atoms with Crippen molar-refractivity contribution >= 4 is 6.03 Å². The molecular formula is C23H30FN3O4. The Kier molecular flexibility index (Phi) is 8.35. The molecule has 2 amide bonds. The number of hydrogen-bond donors (Lipinski definition) is 2. The highest BCUT2D eigenvalue weighted by atomic mass is 19.1. The van der Waals surface area contributed by atoms with Crippen molar-refractivity contribution in [3.63, 3.8) is 0 Å². The van der Waals surface area contributed by atoms with E-state index in [0.29, 0.717) is 30.4 Å². The summed E-state index contributed by atoms with van der Waals surface area (Å²) in [5.41, 5.74) is 0.934. The second-order valence-electron chi connectivity index (χ2n) is 7.43. The molecule has 2 aromatic rings. The lowest BCUT2D eigenvalue weighted by Crippen LogP contribution is -2.48. The molecule has 0 aliphatic carbocycles. The van der Waals surface area contributed by atoms with E-state index < -0.39 is 0 Å². The minimum absolute atomic E-state index is 0.152. The van der Waals surface area contributed by atoms with Crippen LogP contribution in [0.5, 0.6) is 17.2 Å². The number of carbonyl (C=O) groups excluding carboxylic acids is 1. The quantitative estimate of drug-likeness (QED) is 0.638. The van der Waals surface area contributed by atoms with Crippen molar-refractivity contribution < 1.29 is 23.4 Å². The van der Waals surface area contributed by atoms with Gasteiger partial charge in [-0.2, -0.15) is 0 Å². The highest BCUT2D eigenvalue weighted by molar-refractivity contribution is 5.74. The summed E-state index contributed by atoms with van der Waals surface area (Å²) in [6.07, 6.45) is 1.78. The Labute approximate surface area is 182 Å². The molecule has 3 rings (SSSR count). The summed E-state index contributed by atoms with van der Waals surface area (Å²) in [5, 5.41) is 5.94. The fraction of sp³-hybridized carbons (Fsp3) is 0.435. The summed E-state index contributed by atoms with van der Waals surface area (Å²) < 4.78 is 29.1. The molecule has 0 atom stereocenters. The Morgan fingerprint density at radius 2 is 1.77 bits per heavy atom. The Balaban J connectivity index is 1.33. The molecule has 2 aromatic carbocycles. The molecule has 8 heteroatoms. The van der Waals surface area contributed by atoms with Gasteiger partial charge in [-0.3, -0.25) is 4.90 Å². The first-order chi connectivity index (χ1) is 15.1. The second kappa shape index (κ2) is 11.4. The molecule has 7 nitrogen and oxygen atoms in total. The third-order valence-corrected chi connectivity index (χ3v) is 5.31. The number of rotatable bonds is 9. The van der Waals surface area contributed by atoms with Crippen LogP contribution in [-0.4, -0.2) is 57.4 Å². The Morgan fingerprint density at radius 1 is 1.06 bits per heavy atom. The molecule has 0 unspecified atom stereocenters. The van der Waals surface area contributed by atoms with Gasteiger partial charge in [-0.15, -0.1) is 0 Å². The summed E-state index contributed by atoms with van der Waals surface area (Å²) in [4.78, 5) is 14.6. The minimum Gasteiger partial charge on any atom is -0.493 e. The van der Waals surface area contributed by atoms with Gasteiger partial charge in [-0.05, 0) is 54.8 Å². The van der Waals surface area contributed by atoms with Gasteiger partial charge in [-0.25, -0.2) is 9.18 Å². The van der Waals surface area contributed by atoms with Crippen molar-refractivity contribution in [1.29, 1.82) is 0 Å². The summed E-state index contributed by atoms with van der Waals surface area (Å²) in [6.45, 7) is 3.55. The average molecular weight is 432 g/mol. The largest absolute Gasteiger partial charge is 0.493 e. The highest BCUT2D eigenvalue weighted by Gasteiger charge is 2.20. The van der Waals surface area contributed by atoms with Crippen LogP contribution in [0.25, 0.3) is 0 Å². The van der Waals surface area contributed by atoms with E-state index in [1.807, 2.05) is 18.2 Å². The van der Waals surface area contributed by atoms with E-state index in [1.165, 1.54) is 12.1 Å². The third-order valence-electron chi connectivity index (χ3n) is 5.31.